The third kappa shape index (κ3) is 6.55. The number of benzene rings is 2. The summed E-state index contributed by atoms with van der Waals surface area (Å²) >= 11 is 0. The second-order valence-corrected chi connectivity index (χ2v) is 9.08. The number of amides is 2. The number of rotatable bonds is 10. The van der Waals surface area contributed by atoms with Gasteiger partial charge >= 0.3 is 12.1 Å². The van der Waals surface area contributed by atoms with Crippen molar-refractivity contribution in [1.82, 2.24) is 10.6 Å². The summed E-state index contributed by atoms with van der Waals surface area (Å²) in [6.45, 7) is 3.66. The molecule has 1 atom stereocenters. The summed E-state index contributed by atoms with van der Waals surface area (Å²) in [5.74, 6) is -1.43. The molecule has 33 heavy (non-hydrogen) atoms. The molecule has 1 unspecified atom stereocenters. The molecule has 3 rings (SSSR count). The smallest absolute Gasteiger partial charge is 0.407 e. The Balaban J connectivity index is 1.43. The fourth-order valence-corrected chi connectivity index (χ4v) is 4.02. The highest BCUT2D eigenvalue weighted by molar-refractivity contribution is 5.79. The first kappa shape index (κ1) is 24.3. The van der Waals surface area contributed by atoms with Crippen LogP contribution in [0, 0.1) is 5.41 Å². The molecular weight excluding hydrogens is 424 g/mol. The Kier molecular flexibility index (Phi) is 7.71. The van der Waals surface area contributed by atoms with Crippen LogP contribution in [0.15, 0.2) is 48.5 Å². The molecule has 0 saturated heterocycles. The maximum atomic E-state index is 12.2. The topological polar surface area (TPSA) is 125 Å². The predicted octanol–water partition coefficient (Wildman–Crippen LogP) is 2.89. The van der Waals surface area contributed by atoms with Gasteiger partial charge in [-0.3, -0.25) is 9.59 Å². The van der Waals surface area contributed by atoms with Crippen molar-refractivity contribution < 1.29 is 29.3 Å². The zero-order valence-corrected chi connectivity index (χ0v) is 18.8. The summed E-state index contributed by atoms with van der Waals surface area (Å²) in [5, 5.41) is 24.1. The van der Waals surface area contributed by atoms with Crippen LogP contribution in [0.4, 0.5) is 4.79 Å². The third-order valence-corrected chi connectivity index (χ3v) is 5.64. The SMILES string of the molecule is CC(C)(CNC(=O)CC(O)CNC(=O)OCC1c2ccccc2-c2ccccc21)CC(=O)O. The van der Waals surface area contributed by atoms with Crippen molar-refractivity contribution in [3.05, 3.63) is 59.7 Å². The Bertz CT molecular complexity index is 974. The number of hydrogen-bond donors (Lipinski definition) is 4. The molecule has 0 heterocycles. The van der Waals surface area contributed by atoms with E-state index in [0.29, 0.717) is 0 Å². The molecule has 0 bridgehead atoms. The summed E-state index contributed by atoms with van der Waals surface area (Å²) in [5.41, 5.74) is 3.87. The van der Waals surface area contributed by atoms with Gasteiger partial charge < -0.3 is 25.6 Å². The highest BCUT2D eigenvalue weighted by Crippen LogP contribution is 2.44. The minimum atomic E-state index is -1.09. The van der Waals surface area contributed by atoms with E-state index in [1.807, 2.05) is 36.4 Å². The second kappa shape index (κ2) is 10.5. The number of fused-ring (bicyclic) bond motifs is 3. The number of aliphatic hydroxyl groups is 1. The molecule has 1 aliphatic rings. The number of aliphatic carboxylic acids is 1. The van der Waals surface area contributed by atoms with Crippen molar-refractivity contribution >= 4 is 18.0 Å². The van der Waals surface area contributed by atoms with Gasteiger partial charge in [0, 0.05) is 19.0 Å². The first-order valence-electron chi connectivity index (χ1n) is 10.9. The summed E-state index contributed by atoms with van der Waals surface area (Å²) in [6, 6.07) is 16.1. The molecule has 2 amide bonds. The number of aliphatic hydroxyl groups excluding tert-OH is 1. The largest absolute Gasteiger partial charge is 0.481 e. The van der Waals surface area contributed by atoms with E-state index in [2.05, 4.69) is 22.8 Å². The van der Waals surface area contributed by atoms with Gasteiger partial charge in [-0.15, -0.1) is 0 Å². The second-order valence-electron chi connectivity index (χ2n) is 9.08. The number of carboxylic acids is 1. The number of carbonyl (C=O) groups is 3. The van der Waals surface area contributed by atoms with Crippen LogP contribution < -0.4 is 10.6 Å². The lowest BCUT2D eigenvalue weighted by molar-refractivity contribution is -0.139. The summed E-state index contributed by atoms with van der Waals surface area (Å²) in [6.07, 6.45) is -2.06. The number of carbonyl (C=O) groups excluding carboxylic acids is 2. The Morgan fingerprint density at radius 1 is 1.00 bits per heavy atom. The lowest BCUT2D eigenvalue weighted by atomic mass is 9.89. The number of hydrogen-bond acceptors (Lipinski definition) is 5. The predicted molar refractivity (Wildman–Crippen MR) is 123 cm³/mol. The first-order valence-corrected chi connectivity index (χ1v) is 10.9. The van der Waals surface area contributed by atoms with Gasteiger partial charge in [0.2, 0.25) is 5.91 Å². The lowest BCUT2D eigenvalue weighted by Crippen LogP contribution is -2.39. The fourth-order valence-electron chi connectivity index (χ4n) is 4.02. The fraction of sp³-hybridized carbons (Fsp3) is 0.400. The molecule has 0 aliphatic heterocycles. The van der Waals surface area contributed by atoms with Crippen LogP contribution in [-0.4, -0.2) is 54.0 Å². The van der Waals surface area contributed by atoms with Gasteiger partial charge in [-0.25, -0.2) is 4.79 Å². The maximum Gasteiger partial charge on any atom is 0.407 e. The maximum absolute atomic E-state index is 12.2. The van der Waals surface area contributed by atoms with E-state index in [4.69, 9.17) is 9.84 Å². The Morgan fingerprint density at radius 3 is 2.15 bits per heavy atom. The van der Waals surface area contributed by atoms with Crippen molar-refractivity contribution in [2.24, 2.45) is 5.41 Å². The van der Waals surface area contributed by atoms with E-state index < -0.39 is 29.5 Å². The molecule has 8 nitrogen and oxygen atoms in total. The van der Waals surface area contributed by atoms with E-state index in [1.165, 1.54) is 0 Å². The van der Waals surface area contributed by atoms with Gasteiger partial charge in [-0.2, -0.15) is 0 Å². The zero-order valence-electron chi connectivity index (χ0n) is 18.8. The van der Waals surface area contributed by atoms with E-state index in [0.717, 1.165) is 22.3 Å². The van der Waals surface area contributed by atoms with Gasteiger partial charge in [0.15, 0.2) is 0 Å². The first-order chi connectivity index (χ1) is 15.7. The van der Waals surface area contributed by atoms with Crippen molar-refractivity contribution in [3.8, 4) is 11.1 Å². The number of alkyl carbamates (subject to hydrolysis) is 1. The molecule has 0 spiro atoms. The zero-order chi connectivity index (χ0) is 24.0. The summed E-state index contributed by atoms with van der Waals surface area (Å²) in [4.78, 5) is 35.0. The van der Waals surface area contributed by atoms with Crippen LogP contribution in [0.1, 0.15) is 43.7 Å². The van der Waals surface area contributed by atoms with Crippen LogP contribution in [0.2, 0.25) is 0 Å². The standard InChI is InChI=1S/C25H30N2O6/c1-25(2,12-23(30)31)15-27-22(29)11-16(28)13-26-24(32)33-14-21-19-9-5-3-7-17(19)18-8-4-6-10-20(18)21/h3-10,16,21,28H,11-15H2,1-2H3,(H,26,32)(H,27,29)(H,30,31). The number of nitrogens with one attached hydrogen (secondary N) is 2. The van der Waals surface area contributed by atoms with Crippen molar-refractivity contribution in [2.75, 3.05) is 19.7 Å². The van der Waals surface area contributed by atoms with Crippen LogP contribution in [0.5, 0.6) is 0 Å². The average molecular weight is 455 g/mol. The summed E-state index contributed by atoms with van der Waals surface area (Å²) < 4.78 is 5.41. The van der Waals surface area contributed by atoms with Gasteiger partial charge in [0.05, 0.1) is 18.9 Å². The van der Waals surface area contributed by atoms with Gasteiger partial charge in [-0.05, 0) is 27.7 Å². The molecule has 1 aliphatic carbocycles. The molecule has 4 N–H and O–H groups in total. The summed E-state index contributed by atoms with van der Waals surface area (Å²) in [7, 11) is 0. The quantitative estimate of drug-likeness (QED) is 0.438. The number of ether oxygens (including phenoxy) is 1. The van der Waals surface area contributed by atoms with Crippen molar-refractivity contribution in [2.45, 2.75) is 38.7 Å². The van der Waals surface area contributed by atoms with Crippen LogP contribution in [0.25, 0.3) is 11.1 Å². The molecule has 0 saturated carbocycles. The highest BCUT2D eigenvalue weighted by atomic mass is 16.5. The average Bonchev–Trinajstić information content (AvgIpc) is 3.08. The minimum Gasteiger partial charge on any atom is -0.481 e. The van der Waals surface area contributed by atoms with Crippen LogP contribution in [-0.2, 0) is 14.3 Å². The molecule has 2 aromatic rings. The number of carboxylic acid groups (broad SMARTS) is 1. The van der Waals surface area contributed by atoms with E-state index in [1.54, 1.807) is 13.8 Å². The van der Waals surface area contributed by atoms with Gasteiger partial charge in [0.1, 0.15) is 6.61 Å². The molecule has 0 aromatic heterocycles. The molecule has 176 valence electrons. The molecule has 0 radical (unpaired) electrons. The van der Waals surface area contributed by atoms with E-state index in [-0.39, 0.29) is 38.5 Å². The Hall–Kier alpha value is -3.39. The minimum absolute atomic E-state index is 0.0620. The normalized spacial score (nSPS) is 13.5. The lowest BCUT2D eigenvalue weighted by Gasteiger charge is -2.23. The van der Waals surface area contributed by atoms with Crippen LogP contribution >= 0.6 is 0 Å². The Labute approximate surface area is 193 Å². The van der Waals surface area contributed by atoms with E-state index >= 15 is 0 Å². The third-order valence-electron chi connectivity index (χ3n) is 5.64. The molecule has 0 fully saturated rings. The van der Waals surface area contributed by atoms with Crippen molar-refractivity contribution in [3.63, 3.8) is 0 Å². The molecule has 2 aromatic carbocycles. The van der Waals surface area contributed by atoms with E-state index in [9.17, 15) is 19.5 Å². The monoisotopic (exact) mass is 454 g/mol. The van der Waals surface area contributed by atoms with Gasteiger partial charge in [0.25, 0.3) is 0 Å². The van der Waals surface area contributed by atoms with Crippen molar-refractivity contribution in [1.29, 1.82) is 0 Å². The molecular formula is C25H30N2O6. The highest BCUT2D eigenvalue weighted by Gasteiger charge is 2.29. The van der Waals surface area contributed by atoms with Crippen LogP contribution in [0.3, 0.4) is 0 Å². The Morgan fingerprint density at radius 2 is 1.58 bits per heavy atom. The molecule has 8 heteroatoms. The van der Waals surface area contributed by atoms with Gasteiger partial charge in [-0.1, -0.05) is 62.4 Å².